The number of amides is 2. The number of aromatic nitrogens is 1. The van der Waals surface area contributed by atoms with E-state index in [1.807, 2.05) is 26.0 Å². The molecule has 1 aromatic carbocycles. The van der Waals surface area contributed by atoms with Crippen LogP contribution in [0.3, 0.4) is 0 Å². The fourth-order valence-electron chi connectivity index (χ4n) is 3.46. The summed E-state index contributed by atoms with van der Waals surface area (Å²) in [7, 11) is 0. The molecule has 0 atom stereocenters. The predicted octanol–water partition coefficient (Wildman–Crippen LogP) is 3.98. The molecule has 26 heavy (non-hydrogen) atoms. The highest BCUT2D eigenvalue weighted by molar-refractivity contribution is 5.94. The third-order valence-electron chi connectivity index (χ3n) is 4.99. The highest BCUT2D eigenvalue weighted by Crippen LogP contribution is 2.31. The maximum absolute atomic E-state index is 12.5. The zero-order chi connectivity index (χ0) is 18.7. The van der Waals surface area contributed by atoms with Gasteiger partial charge in [0, 0.05) is 23.6 Å². The third-order valence-corrected chi connectivity index (χ3v) is 4.99. The molecule has 3 rings (SSSR count). The topological polar surface area (TPSA) is 84.2 Å². The molecular weight excluding hydrogens is 330 g/mol. The van der Waals surface area contributed by atoms with Gasteiger partial charge < -0.3 is 15.2 Å². The van der Waals surface area contributed by atoms with E-state index in [9.17, 15) is 9.59 Å². The number of anilines is 2. The first-order valence-corrected chi connectivity index (χ1v) is 9.04. The molecule has 0 aliphatic heterocycles. The first-order valence-electron chi connectivity index (χ1n) is 9.04. The molecule has 1 fully saturated rings. The number of aryl methyl sites for hydroxylation is 3. The summed E-state index contributed by atoms with van der Waals surface area (Å²) in [5.41, 5.74) is 3.10. The highest BCUT2D eigenvalue weighted by atomic mass is 16.5. The number of hydrogen-bond donors (Lipinski definition) is 2. The van der Waals surface area contributed by atoms with Crippen LogP contribution in [0.4, 0.5) is 11.5 Å². The van der Waals surface area contributed by atoms with Crippen molar-refractivity contribution in [2.45, 2.75) is 46.5 Å². The van der Waals surface area contributed by atoms with E-state index in [4.69, 9.17) is 4.52 Å². The van der Waals surface area contributed by atoms with E-state index < -0.39 is 0 Å². The normalized spacial score (nSPS) is 19.8. The molecule has 1 aliphatic rings. The van der Waals surface area contributed by atoms with Gasteiger partial charge in [-0.05, 0) is 58.1 Å². The lowest BCUT2D eigenvalue weighted by Crippen LogP contribution is -2.32. The van der Waals surface area contributed by atoms with Crippen LogP contribution in [0.1, 0.15) is 42.6 Å². The molecule has 0 unspecified atom stereocenters. The van der Waals surface area contributed by atoms with Crippen LogP contribution in [0.5, 0.6) is 0 Å². The number of benzene rings is 1. The van der Waals surface area contributed by atoms with Crippen molar-refractivity contribution < 1.29 is 14.1 Å². The zero-order valence-corrected chi connectivity index (χ0v) is 15.5. The van der Waals surface area contributed by atoms with Crippen molar-refractivity contribution in [1.82, 2.24) is 5.16 Å². The van der Waals surface area contributed by atoms with Crippen LogP contribution < -0.4 is 10.6 Å². The van der Waals surface area contributed by atoms with Crippen molar-refractivity contribution in [3.05, 3.63) is 41.2 Å². The third kappa shape index (κ3) is 4.31. The van der Waals surface area contributed by atoms with E-state index in [0.29, 0.717) is 37.3 Å². The van der Waals surface area contributed by atoms with Gasteiger partial charge in [-0.3, -0.25) is 9.59 Å². The van der Waals surface area contributed by atoms with Gasteiger partial charge in [-0.15, -0.1) is 0 Å². The maximum Gasteiger partial charge on any atom is 0.228 e. The van der Waals surface area contributed by atoms with Crippen LogP contribution in [-0.4, -0.2) is 17.0 Å². The molecule has 1 aliphatic carbocycles. The Labute approximate surface area is 153 Å². The molecule has 2 N–H and O–H groups in total. The van der Waals surface area contributed by atoms with Crippen molar-refractivity contribution in [3.63, 3.8) is 0 Å². The van der Waals surface area contributed by atoms with Crippen molar-refractivity contribution in [1.29, 1.82) is 0 Å². The summed E-state index contributed by atoms with van der Waals surface area (Å²) in [6, 6.07) is 7.69. The molecule has 1 heterocycles. The second-order valence-corrected chi connectivity index (χ2v) is 7.17. The Hall–Kier alpha value is -2.63. The molecule has 0 saturated heterocycles. The number of nitrogens with one attached hydrogen (secondary N) is 2. The average Bonchev–Trinajstić information content (AvgIpc) is 3.02. The molecule has 0 radical (unpaired) electrons. The van der Waals surface area contributed by atoms with E-state index in [0.717, 1.165) is 11.3 Å². The molecule has 1 aromatic heterocycles. The Morgan fingerprint density at radius 1 is 0.962 bits per heavy atom. The largest absolute Gasteiger partial charge is 0.360 e. The number of hydrogen-bond acceptors (Lipinski definition) is 4. The van der Waals surface area contributed by atoms with Gasteiger partial charge in [-0.2, -0.15) is 0 Å². The van der Waals surface area contributed by atoms with Crippen molar-refractivity contribution in [2.24, 2.45) is 11.8 Å². The van der Waals surface area contributed by atoms with Gasteiger partial charge in [0.05, 0.1) is 0 Å². The van der Waals surface area contributed by atoms with E-state index in [-0.39, 0.29) is 23.7 Å². The zero-order valence-electron chi connectivity index (χ0n) is 15.5. The van der Waals surface area contributed by atoms with Crippen LogP contribution in [0.2, 0.25) is 0 Å². The quantitative estimate of drug-likeness (QED) is 0.869. The minimum atomic E-state index is -0.0860. The number of carbonyl (C=O) groups is 2. The minimum Gasteiger partial charge on any atom is -0.360 e. The van der Waals surface area contributed by atoms with E-state index in [2.05, 4.69) is 21.9 Å². The monoisotopic (exact) mass is 355 g/mol. The van der Waals surface area contributed by atoms with Crippen molar-refractivity contribution in [2.75, 3.05) is 10.6 Å². The summed E-state index contributed by atoms with van der Waals surface area (Å²) in [5.74, 6) is 0.968. The van der Waals surface area contributed by atoms with Gasteiger partial charge in [-0.25, -0.2) is 0 Å². The first kappa shape index (κ1) is 18.2. The Morgan fingerprint density at radius 3 is 2.12 bits per heavy atom. The van der Waals surface area contributed by atoms with Crippen LogP contribution in [0, 0.1) is 32.6 Å². The fraction of sp³-hybridized carbons (Fsp3) is 0.450. The Morgan fingerprint density at radius 2 is 1.58 bits per heavy atom. The lowest BCUT2D eigenvalue weighted by atomic mass is 9.81. The van der Waals surface area contributed by atoms with Crippen molar-refractivity contribution >= 4 is 23.3 Å². The Balaban J connectivity index is 1.51. The SMILES string of the molecule is Cc1ccc(NC(=O)C2CCC(C(=O)Nc3cc(C)on3)CC2)c(C)c1. The summed E-state index contributed by atoms with van der Waals surface area (Å²) in [6.07, 6.45) is 2.83. The summed E-state index contributed by atoms with van der Waals surface area (Å²) in [6.45, 7) is 5.81. The highest BCUT2D eigenvalue weighted by Gasteiger charge is 2.30. The molecule has 138 valence electrons. The van der Waals surface area contributed by atoms with Crippen molar-refractivity contribution in [3.8, 4) is 0 Å². The molecule has 2 amide bonds. The smallest absolute Gasteiger partial charge is 0.228 e. The summed E-state index contributed by atoms with van der Waals surface area (Å²) in [4.78, 5) is 24.9. The van der Waals surface area contributed by atoms with Gasteiger partial charge in [0.2, 0.25) is 11.8 Å². The van der Waals surface area contributed by atoms with Gasteiger partial charge >= 0.3 is 0 Å². The Bertz CT molecular complexity index is 804. The van der Waals surface area contributed by atoms with Gasteiger partial charge in [-0.1, -0.05) is 22.9 Å². The standard InChI is InChI=1S/C20H25N3O3/c1-12-4-9-17(13(2)10-12)21-19(24)15-5-7-16(8-6-15)20(25)22-18-11-14(3)26-23-18/h4,9-11,15-16H,5-8H2,1-3H3,(H,21,24)(H,22,23,25). The van der Waals surface area contributed by atoms with E-state index in [1.54, 1.807) is 13.0 Å². The van der Waals surface area contributed by atoms with Gasteiger partial charge in [0.15, 0.2) is 5.82 Å². The van der Waals surface area contributed by atoms with Gasteiger partial charge in [0.1, 0.15) is 5.76 Å². The minimum absolute atomic E-state index is 0.0444. The molecule has 0 spiro atoms. The number of carbonyl (C=O) groups excluding carboxylic acids is 2. The Kier molecular flexibility index (Phi) is 5.40. The summed E-state index contributed by atoms with van der Waals surface area (Å²) < 4.78 is 4.96. The number of nitrogens with zero attached hydrogens (tertiary/aromatic N) is 1. The molecule has 1 saturated carbocycles. The lowest BCUT2D eigenvalue weighted by molar-refractivity contribution is -0.125. The second kappa shape index (κ2) is 7.72. The number of rotatable bonds is 4. The molecular formula is C20H25N3O3. The van der Waals surface area contributed by atoms with Crippen LogP contribution in [0.25, 0.3) is 0 Å². The van der Waals surface area contributed by atoms with E-state index >= 15 is 0 Å². The maximum atomic E-state index is 12.5. The second-order valence-electron chi connectivity index (χ2n) is 7.17. The molecule has 6 heteroatoms. The fourth-order valence-corrected chi connectivity index (χ4v) is 3.46. The summed E-state index contributed by atoms with van der Waals surface area (Å²) >= 11 is 0. The average molecular weight is 355 g/mol. The predicted molar refractivity (Wildman–Crippen MR) is 99.9 cm³/mol. The molecule has 2 aromatic rings. The molecule has 0 bridgehead atoms. The summed E-state index contributed by atoms with van der Waals surface area (Å²) in [5, 5.41) is 9.60. The molecule has 6 nitrogen and oxygen atoms in total. The first-order chi connectivity index (χ1) is 12.4. The van der Waals surface area contributed by atoms with Gasteiger partial charge in [0.25, 0.3) is 0 Å². The van der Waals surface area contributed by atoms with Crippen LogP contribution >= 0.6 is 0 Å². The van der Waals surface area contributed by atoms with Crippen LogP contribution in [-0.2, 0) is 9.59 Å². The van der Waals surface area contributed by atoms with Crippen LogP contribution in [0.15, 0.2) is 28.8 Å². The van der Waals surface area contributed by atoms with E-state index in [1.165, 1.54) is 5.56 Å². The lowest BCUT2D eigenvalue weighted by Gasteiger charge is -2.27.